The van der Waals surface area contributed by atoms with E-state index in [1.807, 2.05) is 30.1 Å². The van der Waals surface area contributed by atoms with E-state index in [1.54, 1.807) is 13.8 Å². The van der Waals surface area contributed by atoms with E-state index in [0.717, 1.165) is 18.7 Å². The molecule has 0 atom stereocenters. The molecule has 0 spiro atoms. The molecule has 1 aromatic heterocycles. The summed E-state index contributed by atoms with van der Waals surface area (Å²) in [5.41, 5.74) is 4.87. The van der Waals surface area contributed by atoms with Crippen molar-refractivity contribution in [1.82, 2.24) is 15.1 Å². The predicted octanol–water partition coefficient (Wildman–Crippen LogP) is 2.77. The van der Waals surface area contributed by atoms with Gasteiger partial charge in [-0.2, -0.15) is 5.10 Å². The van der Waals surface area contributed by atoms with Crippen LogP contribution in [0.15, 0.2) is 18.3 Å². The topological polar surface area (TPSA) is 29.9 Å². The molecule has 0 radical (unpaired) electrons. The molecule has 1 N–H and O–H groups in total. The summed E-state index contributed by atoms with van der Waals surface area (Å²) in [4.78, 5) is 0. The van der Waals surface area contributed by atoms with Crippen LogP contribution in [0.4, 0.5) is 4.39 Å². The number of aromatic nitrogens is 2. The van der Waals surface area contributed by atoms with Gasteiger partial charge in [-0.15, -0.1) is 0 Å². The average molecular weight is 261 g/mol. The van der Waals surface area contributed by atoms with Gasteiger partial charge in [0.25, 0.3) is 0 Å². The van der Waals surface area contributed by atoms with Crippen molar-refractivity contribution in [3.8, 4) is 0 Å². The molecular formula is C15H20FN3. The lowest BCUT2D eigenvalue weighted by Crippen LogP contribution is -2.13. The predicted molar refractivity (Wildman–Crippen MR) is 74.4 cm³/mol. The van der Waals surface area contributed by atoms with Gasteiger partial charge in [-0.25, -0.2) is 4.39 Å². The third kappa shape index (κ3) is 3.01. The summed E-state index contributed by atoms with van der Waals surface area (Å²) in [6.45, 7) is 7.16. The van der Waals surface area contributed by atoms with Gasteiger partial charge in [-0.05, 0) is 37.5 Å². The number of halogens is 1. The van der Waals surface area contributed by atoms with Crippen LogP contribution < -0.4 is 5.32 Å². The molecule has 0 saturated heterocycles. The summed E-state index contributed by atoms with van der Waals surface area (Å²) in [6, 6.07) is 3.79. The maximum atomic E-state index is 13.5. The second-order valence-corrected chi connectivity index (χ2v) is 5.03. The zero-order valence-corrected chi connectivity index (χ0v) is 11.9. The van der Waals surface area contributed by atoms with Gasteiger partial charge in [0.2, 0.25) is 0 Å². The maximum absolute atomic E-state index is 13.5. The largest absolute Gasteiger partial charge is 0.308 e. The van der Waals surface area contributed by atoms with Crippen LogP contribution in [-0.4, -0.2) is 9.78 Å². The summed E-state index contributed by atoms with van der Waals surface area (Å²) in [5.74, 6) is -0.105. The SMILES string of the molecule is Cc1cc(CNCc2cnn(C)c2C)cc(C)c1F. The van der Waals surface area contributed by atoms with Crippen molar-refractivity contribution >= 4 is 0 Å². The Kier molecular flexibility index (Phi) is 4.00. The Morgan fingerprint density at radius 2 is 1.79 bits per heavy atom. The van der Waals surface area contributed by atoms with Gasteiger partial charge in [0.1, 0.15) is 5.82 Å². The first-order chi connectivity index (χ1) is 8.99. The van der Waals surface area contributed by atoms with Gasteiger partial charge in [0, 0.05) is 31.4 Å². The minimum absolute atomic E-state index is 0.105. The molecule has 4 heteroatoms. The molecule has 0 aliphatic heterocycles. The molecule has 0 unspecified atom stereocenters. The molecule has 102 valence electrons. The van der Waals surface area contributed by atoms with Crippen LogP contribution in [0.5, 0.6) is 0 Å². The van der Waals surface area contributed by atoms with Crippen LogP contribution in [0.25, 0.3) is 0 Å². The molecular weight excluding hydrogens is 241 g/mol. The highest BCUT2D eigenvalue weighted by molar-refractivity contribution is 5.30. The molecule has 3 nitrogen and oxygen atoms in total. The number of aryl methyl sites for hydroxylation is 3. The lowest BCUT2D eigenvalue weighted by molar-refractivity contribution is 0.606. The zero-order chi connectivity index (χ0) is 14.0. The smallest absolute Gasteiger partial charge is 0.129 e. The minimum atomic E-state index is -0.105. The van der Waals surface area contributed by atoms with Gasteiger partial charge in [-0.3, -0.25) is 4.68 Å². The number of hydrogen-bond donors (Lipinski definition) is 1. The molecule has 1 aromatic carbocycles. The first kappa shape index (κ1) is 13.7. The molecule has 0 bridgehead atoms. The summed E-state index contributed by atoms with van der Waals surface area (Å²) in [5, 5.41) is 7.58. The highest BCUT2D eigenvalue weighted by atomic mass is 19.1. The van der Waals surface area contributed by atoms with Crippen molar-refractivity contribution in [1.29, 1.82) is 0 Å². The van der Waals surface area contributed by atoms with Crippen LogP contribution in [0.1, 0.15) is 27.9 Å². The van der Waals surface area contributed by atoms with Gasteiger partial charge >= 0.3 is 0 Å². The van der Waals surface area contributed by atoms with E-state index in [4.69, 9.17) is 0 Å². The molecule has 0 amide bonds. The van der Waals surface area contributed by atoms with Gasteiger partial charge in [0.05, 0.1) is 6.20 Å². The molecule has 19 heavy (non-hydrogen) atoms. The Balaban J connectivity index is 1.98. The highest BCUT2D eigenvalue weighted by Gasteiger charge is 2.05. The molecule has 0 aliphatic carbocycles. The quantitative estimate of drug-likeness (QED) is 0.917. The van der Waals surface area contributed by atoms with Crippen molar-refractivity contribution in [2.75, 3.05) is 0 Å². The average Bonchev–Trinajstić information content (AvgIpc) is 2.68. The van der Waals surface area contributed by atoms with Crippen LogP contribution in [0.2, 0.25) is 0 Å². The lowest BCUT2D eigenvalue weighted by Gasteiger charge is -2.08. The number of benzene rings is 1. The van der Waals surface area contributed by atoms with E-state index >= 15 is 0 Å². The normalized spacial score (nSPS) is 11.0. The van der Waals surface area contributed by atoms with Crippen molar-refractivity contribution in [3.63, 3.8) is 0 Å². The van der Waals surface area contributed by atoms with E-state index < -0.39 is 0 Å². The Labute approximate surface area is 113 Å². The van der Waals surface area contributed by atoms with Crippen molar-refractivity contribution in [2.24, 2.45) is 7.05 Å². The van der Waals surface area contributed by atoms with Gasteiger partial charge in [0.15, 0.2) is 0 Å². The number of nitrogens with one attached hydrogen (secondary N) is 1. The standard InChI is InChI=1S/C15H20FN3/c1-10-5-13(6-11(2)15(10)16)7-17-8-14-9-18-19(4)12(14)3/h5-6,9,17H,7-8H2,1-4H3. The van der Waals surface area contributed by atoms with Crippen molar-refractivity contribution in [2.45, 2.75) is 33.9 Å². The molecule has 2 rings (SSSR count). The van der Waals surface area contributed by atoms with Crippen LogP contribution >= 0.6 is 0 Å². The fourth-order valence-electron chi connectivity index (χ4n) is 2.20. The lowest BCUT2D eigenvalue weighted by atomic mass is 10.1. The van der Waals surface area contributed by atoms with E-state index in [0.29, 0.717) is 11.1 Å². The van der Waals surface area contributed by atoms with Crippen molar-refractivity contribution in [3.05, 3.63) is 52.1 Å². The zero-order valence-electron chi connectivity index (χ0n) is 11.9. The van der Waals surface area contributed by atoms with Gasteiger partial charge in [-0.1, -0.05) is 12.1 Å². The van der Waals surface area contributed by atoms with Crippen LogP contribution in [0, 0.1) is 26.6 Å². The van der Waals surface area contributed by atoms with Crippen molar-refractivity contribution < 1.29 is 4.39 Å². The Hall–Kier alpha value is -1.68. The Morgan fingerprint density at radius 1 is 1.16 bits per heavy atom. The summed E-state index contributed by atoms with van der Waals surface area (Å²) >= 11 is 0. The molecule has 0 aliphatic rings. The second-order valence-electron chi connectivity index (χ2n) is 5.03. The fourth-order valence-corrected chi connectivity index (χ4v) is 2.20. The fraction of sp³-hybridized carbons (Fsp3) is 0.400. The molecule has 0 saturated carbocycles. The first-order valence-corrected chi connectivity index (χ1v) is 6.43. The minimum Gasteiger partial charge on any atom is -0.308 e. The van der Waals surface area contributed by atoms with E-state index in [-0.39, 0.29) is 5.82 Å². The number of hydrogen-bond acceptors (Lipinski definition) is 2. The van der Waals surface area contributed by atoms with E-state index in [1.165, 1.54) is 11.3 Å². The molecule has 0 fully saturated rings. The van der Waals surface area contributed by atoms with E-state index in [9.17, 15) is 4.39 Å². The monoisotopic (exact) mass is 261 g/mol. The number of rotatable bonds is 4. The summed E-state index contributed by atoms with van der Waals surface area (Å²) < 4.78 is 15.4. The van der Waals surface area contributed by atoms with Gasteiger partial charge < -0.3 is 5.32 Å². The summed E-state index contributed by atoms with van der Waals surface area (Å²) in [6.07, 6.45) is 1.88. The van der Waals surface area contributed by atoms with Crippen LogP contribution in [0.3, 0.4) is 0 Å². The van der Waals surface area contributed by atoms with E-state index in [2.05, 4.69) is 17.3 Å². The second kappa shape index (κ2) is 5.53. The summed E-state index contributed by atoms with van der Waals surface area (Å²) in [7, 11) is 1.94. The maximum Gasteiger partial charge on any atom is 0.129 e. The Bertz CT molecular complexity index is 564. The molecule has 1 heterocycles. The molecule has 2 aromatic rings. The third-order valence-electron chi connectivity index (χ3n) is 3.48. The number of nitrogens with zero attached hydrogens (tertiary/aromatic N) is 2. The third-order valence-corrected chi connectivity index (χ3v) is 3.48. The van der Waals surface area contributed by atoms with Crippen LogP contribution in [-0.2, 0) is 20.1 Å². The highest BCUT2D eigenvalue weighted by Crippen LogP contribution is 2.14. The Morgan fingerprint density at radius 3 is 2.32 bits per heavy atom. The first-order valence-electron chi connectivity index (χ1n) is 6.43.